The number of thioether (sulfide) groups is 1. The van der Waals surface area contributed by atoms with Crippen LogP contribution in [-0.2, 0) is 19.9 Å². The molecule has 0 saturated heterocycles. The average Bonchev–Trinajstić information content (AvgIpc) is 2.39. The van der Waals surface area contributed by atoms with Gasteiger partial charge in [-0.05, 0) is 12.1 Å². The second-order valence-corrected chi connectivity index (χ2v) is 9.71. The molecule has 0 amide bonds. The molecule has 0 aliphatic rings. The molecule has 6 nitrogen and oxygen atoms in total. The van der Waals surface area contributed by atoms with Crippen LogP contribution in [0.2, 0.25) is 0 Å². The zero-order valence-electron chi connectivity index (χ0n) is 12.3. The molecule has 0 bridgehead atoms. The number of sulfonamides is 1. The highest BCUT2D eigenvalue weighted by molar-refractivity contribution is 8.00. The van der Waals surface area contributed by atoms with Crippen molar-refractivity contribution in [2.45, 2.75) is 23.8 Å². The van der Waals surface area contributed by atoms with Gasteiger partial charge in [-0.25, -0.2) is 21.8 Å². The van der Waals surface area contributed by atoms with E-state index in [9.17, 15) is 16.8 Å². The van der Waals surface area contributed by atoms with Crippen LogP contribution < -0.4 is 0 Å². The summed E-state index contributed by atoms with van der Waals surface area (Å²) >= 11 is 1.29. The van der Waals surface area contributed by atoms with Gasteiger partial charge in [-0.3, -0.25) is 0 Å². The van der Waals surface area contributed by atoms with E-state index in [1.165, 1.54) is 34.6 Å². The Hall–Kier alpha value is -0.640. The molecule has 1 heterocycles. The van der Waals surface area contributed by atoms with E-state index in [0.29, 0.717) is 23.9 Å². The van der Waals surface area contributed by atoms with Crippen molar-refractivity contribution in [1.29, 1.82) is 0 Å². The number of rotatable bonds is 8. The Bertz CT molecular complexity index is 650. The first-order chi connectivity index (χ1) is 9.70. The smallest absolute Gasteiger partial charge is 0.244 e. The number of sulfone groups is 1. The summed E-state index contributed by atoms with van der Waals surface area (Å²) in [6.07, 6.45) is 2.50. The lowest BCUT2D eigenvalue weighted by atomic mass is 10.5. The molecule has 0 fully saturated rings. The molecule has 0 aliphatic carbocycles. The molecular formula is C12H20N2O4S3. The minimum absolute atomic E-state index is 0.0683. The van der Waals surface area contributed by atoms with Gasteiger partial charge < -0.3 is 0 Å². The number of hydrogen-bond donors (Lipinski definition) is 0. The summed E-state index contributed by atoms with van der Waals surface area (Å²) in [6.45, 7) is 4.38. The lowest BCUT2D eigenvalue weighted by molar-refractivity contribution is 0.445. The fourth-order valence-electron chi connectivity index (χ4n) is 1.61. The monoisotopic (exact) mass is 352 g/mol. The maximum atomic E-state index is 12.3. The van der Waals surface area contributed by atoms with Gasteiger partial charge in [-0.1, -0.05) is 13.8 Å². The van der Waals surface area contributed by atoms with Gasteiger partial charge in [-0.2, -0.15) is 4.31 Å². The van der Waals surface area contributed by atoms with Crippen molar-refractivity contribution in [2.75, 3.05) is 30.9 Å². The molecule has 21 heavy (non-hydrogen) atoms. The summed E-state index contributed by atoms with van der Waals surface area (Å²) in [5.41, 5.74) is 0. The molecule has 1 aromatic rings. The van der Waals surface area contributed by atoms with Crippen molar-refractivity contribution in [1.82, 2.24) is 9.29 Å². The van der Waals surface area contributed by atoms with E-state index in [4.69, 9.17) is 0 Å². The second-order valence-electron chi connectivity index (χ2n) is 4.40. The number of nitrogens with zero attached hydrogens (tertiary/aromatic N) is 2. The van der Waals surface area contributed by atoms with Crippen LogP contribution in [0.3, 0.4) is 0 Å². The van der Waals surface area contributed by atoms with Crippen molar-refractivity contribution < 1.29 is 16.8 Å². The molecular weight excluding hydrogens is 332 g/mol. The standard InChI is InChI=1S/C12H20N2O4S3/c1-4-14(5-2)21(17,18)11-6-7-12(13-10-11)19-8-9-20(3,15)16/h6-7,10H,4-5,8-9H2,1-3H3. The largest absolute Gasteiger partial charge is 0.249 e. The minimum atomic E-state index is -3.50. The Balaban J connectivity index is 2.78. The molecule has 0 N–H and O–H groups in total. The van der Waals surface area contributed by atoms with E-state index in [2.05, 4.69) is 4.98 Å². The third-order valence-corrected chi connectivity index (χ3v) is 6.94. The van der Waals surface area contributed by atoms with Crippen molar-refractivity contribution in [3.63, 3.8) is 0 Å². The molecule has 0 saturated carbocycles. The molecule has 0 aromatic carbocycles. The van der Waals surface area contributed by atoms with Gasteiger partial charge in [0.25, 0.3) is 0 Å². The van der Waals surface area contributed by atoms with Crippen LogP contribution in [0.15, 0.2) is 28.3 Å². The van der Waals surface area contributed by atoms with E-state index < -0.39 is 19.9 Å². The summed E-state index contributed by atoms with van der Waals surface area (Å²) < 4.78 is 47.9. The predicted octanol–water partition coefficient (Wildman–Crippen LogP) is 1.25. The molecule has 0 unspecified atom stereocenters. The Kier molecular flexibility index (Phi) is 6.64. The van der Waals surface area contributed by atoms with E-state index in [1.54, 1.807) is 19.9 Å². The first-order valence-electron chi connectivity index (χ1n) is 6.47. The van der Waals surface area contributed by atoms with Gasteiger partial charge in [-0.15, -0.1) is 11.8 Å². The Labute approximate surface area is 130 Å². The molecule has 0 radical (unpaired) electrons. The number of aromatic nitrogens is 1. The summed E-state index contributed by atoms with van der Waals surface area (Å²) in [6, 6.07) is 3.10. The Morgan fingerprint density at radius 1 is 1.14 bits per heavy atom. The molecule has 1 rings (SSSR count). The third-order valence-electron chi connectivity index (χ3n) is 2.76. The van der Waals surface area contributed by atoms with Crippen molar-refractivity contribution in [3.05, 3.63) is 18.3 Å². The van der Waals surface area contributed by atoms with Crippen molar-refractivity contribution in [3.8, 4) is 0 Å². The van der Waals surface area contributed by atoms with Crippen LogP contribution in [-0.4, -0.2) is 57.0 Å². The maximum absolute atomic E-state index is 12.3. The quantitative estimate of drug-likeness (QED) is 0.655. The first kappa shape index (κ1) is 18.4. The van der Waals surface area contributed by atoms with Crippen LogP contribution in [0.5, 0.6) is 0 Å². The van der Waals surface area contributed by atoms with Gasteiger partial charge in [0, 0.05) is 31.3 Å². The normalized spacial score (nSPS) is 12.8. The van der Waals surface area contributed by atoms with Crippen LogP contribution in [0, 0.1) is 0 Å². The topological polar surface area (TPSA) is 84.4 Å². The van der Waals surface area contributed by atoms with Gasteiger partial charge in [0.15, 0.2) is 0 Å². The SMILES string of the molecule is CCN(CC)S(=O)(=O)c1ccc(SCCS(C)(=O)=O)nc1. The van der Waals surface area contributed by atoms with Crippen LogP contribution in [0.4, 0.5) is 0 Å². The Morgan fingerprint density at radius 2 is 1.76 bits per heavy atom. The highest BCUT2D eigenvalue weighted by Crippen LogP contribution is 2.19. The molecule has 1 aromatic heterocycles. The van der Waals surface area contributed by atoms with Crippen LogP contribution >= 0.6 is 11.8 Å². The molecule has 0 aliphatic heterocycles. The van der Waals surface area contributed by atoms with Crippen molar-refractivity contribution in [2.24, 2.45) is 0 Å². The average molecular weight is 353 g/mol. The van der Waals surface area contributed by atoms with E-state index in [1.807, 2.05) is 0 Å². The molecule has 0 spiro atoms. The zero-order chi connectivity index (χ0) is 16.1. The van der Waals surface area contributed by atoms with E-state index in [0.717, 1.165) is 0 Å². The second kappa shape index (κ2) is 7.57. The van der Waals surface area contributed by atoms with E-state index >= 15 is 0 Å². The highest BCUT2D eigenvalue weighted by atomic mass is 32.2. The molecule has 9 heteroatoms. The summed E-state index contributed by atoms with van der Waals surface area (Å²) in [5, 5.41) is 0.608. The predicted molar refractivity (Wildman–Crippen MR) is 84.8 cm³/mol. The van der Waals surface area contributed by atoms with Gasteiger partial charge in [0.1, 0.15) is 14.7 Å². The number of hydrogen-bond acceptors (Lipinski definition) is 6. The zero-order valence-corrected chi connectivity index (χ0v) is 14.8. The fraction of sp³-hybridized carbons (Fsp3) is 0.583. The molecule has 0 atom stereocenters. The molecule has 120 valence electrons. The van der Waals surface area contributed by atoms with Crippen LogP contribution in [0.1, 0.15) is 13.8 Å². The van der Waals surface area contributed by atoms with Gasteiger partial charge in [0.2, 0.25) is 10.0 Å². The van der Waals surface area contributed by atoms with Crippen molar-refractivity contribution >= 4 is 31.6 Å². The highest BCUT2D eigenvalue weighted by Gasteiger charge is 2.21. The Morgan fingerprint density at radius 3 is 2.19 bits per heavy atom. The summed E-state index contributed by atoms with van der Waals surface area (Å²) in [7, 11) is -6.49. The fourth-order valence-corrected chi connectivity index (χ4v) is 5.06. The maximum Gasteiger partial charge on any atom is 0.244 e. The van der Waals surface area contributed by atoms with Crippen LogP contribution in [0.25, 0.3) is 0 Å². The lowest BCUT2D eigenvalue weighted by Gasteiger charge is -2.18. The third kappa shape index (κ3) is 5.57. The summed E-state index contributed by atoms with van der Waals surface area (Å²) in [5.74, 6) is 0.465. The summed E-state index contributed by atoms with van der Waals surface area (Å²) in [4.78, 5) is 4.23. The van der Waals surface area contributed by atoms with E-state index in [-0.39, 0.29) is 10.6 Å². The van der Waals surface area contributed by atoms with Gasteiger partial charge in [0.05, 0.1) is 10.8 Å². The van der Waals surface area contributed by atoms with Gasteiger partial charge >= 0.3 is 0 Å². The number of pyridine rings is 1. The minimum Gasteiger partial charge on any atom is -0.249 e. The first-order valence-corrected chi connectivity index (χ1v) is 11.0. The lowest BCUT2D eigenvalue weighted by Crippen LogP contribution is -2.30.